The van der Waals surface area contributed by atoms with Gasteiger partial charge in [-0.2, -0.15) is 0 Å². The highest BCUT2D eigenvalue weighted by Gasteiger charge is 2.21. The normalized spacial score (nSPS) is 13.0. The molecule has 0 saturated carbocycles. The van der Waals surface area contributed by atoms with Crippen LogP contribution >= 0.6 is 0 Å². The minimum atomic E-state index is -0.138. The highest BCUT2D eigenvalue weighted by molar-refractivity contribution is 6.02. The number of amides is 3. The fourth-order valence-corrected chi connectivity index (χ4v) is 3.93. The van der Waals surface area contributed by atoms with Crippen LogP contribution in [0.4, 0.5) is 21.9 Å². The lowest BCUT2D eigenvalue weighted by Crippen LogP contribution is -2.35. The van der Waals surface area contributed by atoms with Crippen LogP contribution in [0.5, 0.6) is 5.75 Å². The van der Waals surface area contributed by atoms with E-state index < -0.39 is 0 Å². The van der Waals surface area contributed by atoms with E-state index in [1.807, 2.05) is 59.5 Å². The number of rotatable bonds is 5. The summed E-state index contributed by atoms with van der Waals surface area (Å²) in [6, 6.07) is 22.6. The van der Waals surface area contributed by atoms with Crippen LogP contribution in [-0.2, 0) is 17.6 Å². The number of nitrogens with one attached hydrogen (secondary N) is 2. The number of fused-ring (bicyclic) bond motifs is 1. The van der Waals surface area contributed by atoms with Gasteiger partial charge in [0.05, 0.1) is 19.2 Å². The lowest BCUT2D eigenvalue weighted by molar-refractivity contribution is -0.115. The van der Waals surface area contributed by atoms with E-state index in [0.717, 1.165) is 30.5 Å². The number of ether oxygens (including phenoxy) is 1. The Kier molecular flexibility index (Phi) is 6.70. The van der Waals surface area contributed by atoms with E-state index in [2.05, 4.69) is 16.7 Å². The zero-order chi connectivity index (χ0) is 22.3. The summed E-state index contributed by atoms with van der Waals surface area (Å²) < 4.78 is 5.27. The second kappa shape index (κ2) is 10.0. The second-order valence-electron chi connectivity index (χ2n) is 7.79. The average Bonchev–Trinajstić information content (AvgIpc) is 3.03. The van der Waals surface area contributed by atoms with E-state index in [9.17, 15) is 9.59 Å². The van der Waals surface area contributed by atoms with Crippen molar-refractivity contribution in [2.24, 2.45) is 0 Å². The van der Waals surface area contributed by atoms with Gasteiger partial charge in [0.15, 0.2) is 0 Å². The van der Waals surface area contributed by atoms with Gasteiger partial charge in [-0.15, -0.1) is 0 Å². The number of hydrogen-bond donors (Lipinski definition) is 2. The molecule has 0 radical (unpaired) electrons. The SMILES string of the molecule is COc1ccccc1NC(=O)Cc1ccc(NC(=O)N2CCCCc3ccccc32)cc1. The molecule has 0 atom stereocenters. The quantitative estimate of drug-likeness (QED) is 0.582. The second-order valence-corrected chi connectivity index (χ2v) is 7.79. The molecule has 32 heavy (non-hydrogen) atoms. The third kappa shape index (κ3) is 5.09. The number of nitrogens with zero attached hydrogens (tertiary/aromatic N) is 1. The van der Waals surface area contributed by atoms with Crippen LogP contribution in [0.25, 0.3) is 0 Å². The van der Waals surface area contributed by atoms with Gasteiger partial charge in [0.1, 0.15) is 5.75 Å². The summed E-state index contributed by atoms with van der Waals surface area (Å²) in [7, 11) is 1.57. The lowest BCUT2D eigenvalue weighted by Gasteiger charge is -2.23. The topological polar surface area (TPSA) is 70.7 Å². The van der Waals surface area contributed by atoms with Crippen LogP contribution < -0.4 is 20.3 Å². The first-order valence-corrected chi connectivity index (χ1v) is 10.8. The molecular formula is C26H27N3O3. The number of urea groups is 1. The number of carbonyl (C=O) groups is 2. The number of carbonyl (C=O) groups excluding carboxylic acids is 2. The molecule has 1 heterocycles. The molecule has 0 bridgehead atoms. The van der Waals surface area contributed by atoms with Crippen LogP contribution in [0.2, 0.25) is 0 Å². The van der Waals surface area contributed by atoms with Crippen molar-refractivity contribution in [3.63, 3.8) is 0 Å². The molecule has 6 heteroatoms. The molecule has 1 aliphatic heterocycles. The number of benzene rings is 3. The molecule has 0 saturated heterocycles. The number of methoxy groups -OCH3 is 1. The molecular weight excluding hydrogens is 402 g/mol. The largest absolute Gasteiger partial charge is 0.495 e. The minimum Gasteiger partial charge on any atom is -0.495 e. The van der Waals surface area contributed by atoms with Crippen molar-refractivity contribution in [3.05, 3.63) is 83.9 Å². The molecule has 3 amide bonds. The van der Waals surface area contributed by atoms with E-state index in [1.165, 1.54) is 5.56 Å². The Hall–Kier alpha value is -3.80. The summed E-state index contributed by atoms with van der Waals surface area (Å²) in [5.41, 5.74) is 4.38. The zero-order valence-corrected chi connectivity index (χ0v) is 18.1. The maximum absolute atomic E-state index is 12.9. The van der Waals surface area contributed by atoms with Gasteiger partial charge in [0.25, 0.3) is 0 Å². The van der Waals surface area contributed by atoms with Gasteiger partial charge < -0.3 is 15.4 Å². The zero-order valence-electron chi connectivity index (χ0n) is 18.1. The molecule has 0 fully saturated rings. The number of hydrogen-bond acceptors (Lipinski definition) is 3. The molecule has 0 unspecified atom stereocenters. The molecule has 3 aromatic rings. The summed E-state index contributed by atoms with van der Waals surface area (Å²) in [6.45, 7) is 0.698. The highest BCUT2D eigenvalue weighted by atomic mass is 16.5. The number of para-hydroxylation sites is 3. The summed E-state index contributed by atoms with van der Waals surface area (Å²) in [4.78, 5) is 27.2. The van der Waals surface area contributed by atoms with Gasteiger partial charge >= 0.3 is 6.03 Å². The summed E-state index contributed by atoms with van der Waals surface area (Å²) in [5.74, 6) is 0.487. The van der Waals surface area contributed by atoms with Crippen molar-refractivity contribution in [2.45, 2.75) is 25.7 Å². The first-order chi connectivity index (χ1) is 15.6. The Morgan fingerprint density at radius 2 is 1.66 bits per heavy atom. The van der Waals surface area contributed by atoms with E-state index in [0.29, 0.717) is 23.7 Å². The van der Waals surface area contributed by atoms with Gasteiger partial charge in [-0.05, 0) is 60.7 Å². The number of anilines is 3. The van der Waals surface area contributed by atoms with E-state index in [1.54, 1.807) is 19.2 Å². The fourth-order valence-electron chi connectivity index (χ4n) is 3.93. The molecule has 0 aromatic heterocycles. The maximum Gasteiger partial charge on any atom is 0.326 e. The Balaban J connectivity index is 1.38. The van der Waals surface area contributed by atoms with Crippen LogP contribution in [0.15, 0.2) is 72.8 Å². The van der Waals surface area contributed by atoms with Crippen molar-refractivity contribution < 1.29 is 14.3 Å². The van der Waals surface area contributed by atoms with Crippen LogP contribution in [0, 0.1) is 0 Å². The third-order valence-corrected chi connectivity index (χ3v) is 5.56. The molecule has 0 aliphatic carbocycles. The van der Waals surface area contributed by atoms with Crippen LogP contribution in [0.1, 0.15) is 24.0 Å². The first-order valence-electron chi connectivity index (χ1n) is 10.8. The summed E-state index contributed by atoms with van der Waals surface area (Å²) in [6.07, 6.45) is 3.27. The molecule has 164 valence electrons. The van der Waals surface area contributed by atoms with Gasteiger partial charge in [-0.25, -0.2) is 4.79 Å². The Morgan fingerprint density at radius 1 is 0.906 bits per heavy atom. The van der Waals surface area contributed by atoms with Gasteiger partial charge in [-0.3, -0.25) is 9.69 Å². The third-order valence-electron chi connectivity index (χ3n) is 5.56. The molecule has 6 nitrogen and oxygen atoms in total. The predicted molar refractivity (Wildman–Crippen MR) is 128 cm³/mol. The van der Waals surface area contributed by atoms with Gasteiger partial charge in [0.2, 0.25) is 5.91 Å². The van der Waals surface area contributed by atoms with Crippen LogP contribution in [-0.4, -0.2) is 25.6 Å². The minimum absolute atomic E-state index is 0.132. The lowest BCUT2D eigenvalue weighted by atomic mass is 10.1. The predicted octanol–water partition coefficient (Wildman–Crippen LogP) is 5.25. The standard InChI is InChI=1S/C26H27N3O3/c1-32-24-12-5-3-10-22(24)28-25(30)18-19-13-15-21(16-14-19)27-26(31)29-17-7-6-9-20-8-2-4-11-23(20)29/h2-5,8,10-16H,6-7,9,17-18H2,1H3,(H,27,31)(H,28,30). The van der Waals surface area contributed by atoms with Crippen molar-refractivity contribution >= 4 is 29.0 Å². The highest BCUT2D eigenvalue weighted by Crippen LogP contribution is 2.27. The van der Waals surface area contributed by atoms with Crippen molar-refractivity contribution in [1.82, 2.24) is 0 Å². The van der Waals surface area contributed by atoms with Gasteiger partial charge in [-0.1, -0.05) is 42.5 Å². The van der Waals surface area contributed by atoms with Crippen molar-refractivity contribution in [2.75, 3.05) is 29.2 Å². The van der Waals surface area contributed by atoms with Gasteiger partial charge in [0, 0.05) is 17.9 Å². The molecule has 2 N–H and O–H groups in total. The Labute approximate surface area is 188 Å². The number of aryl methyl sites for hydroxylation is 1. The molecule has 3 aromatic carbocycles. The summed E-state index contributed by atoms with van der Waals surface area (Å²) >= 11 is 0. The molecule has 1 aliphatic rings. The molecule has 0 spiro atoms. The summed E-state index contributed by atoms with van der Waals surface area (Å²) in [5, 5.41) is 5.86. The Morgan fingerprint density at radius 3 is 2.47 bits per heavy atom. The Bertz CT molecular complexity index is 1100. The van der Waals surface area contributed by atoms with E-state index in [4.69, 9.17) is 4.74 Å². The van der Waals surface area contributed by atoms with Crippen molar-refractivity contribution in [1.29, 1.82) is 0 Å². The average molecular weight is 430 g/mol. The maximum atomic E-state index is 12.9. The fraction of sp³-hybridized carbons (Fsp3) is 0.231. The van der Waals surface area contributed by atoms with E-state index in [-0.39, 0.29) is 18.4 Å². The van der Waals surface area contributed by atoms with E-state index >= 15 is 0 Å². The monoisotopic (exact) mass is 429 g/mol. The smallest absolute Gasteiger partial charge is 0.326 e. The first kappa shape index (κ1) is 21.4. The van der Waals surface area contributed by atoms with Crippen molar-refractivity contribution in [3.8, 4) is 5.75 Å². The molecule has 4 rings (SSSR count). The van der Waals surface area contributed by atoms with Crippen LogP contribution in [0.3, 0.4) is 0 Å².